The van der Waals surface area contributed by atoms with E-state index in [4.69, 9.17) is 43.6 Å². The van der Waals surface area contributed by atoms with E-state index in [1.54, 1.807) is 0 Å². The standard InChI is InChI=1S/C5H7BrCl2O5/c6-4(12)2(10)1(9)3(11)5(7,8)13/h1-3,9-11,13H/t1-,2+,3-/m0/s1. The Morgan fingerprint density at radius 1 is 1.31 bits per heavy atom. The van der Waals surface area contributed by atoms with Crippen LogP contribution >= 0.6 is 39.1 Å². The van der Waals surface area contributed by atoms with Crippen LogP contribution in [-0.4, -0.2) is 47.9 Å². The van der Waals surface area contributed by atoms with Crippen molar-refractivity contribution in [1.82, 2.24) is 0 Å². The zero-order valence-electron chi connectivity index (χ0n) is 6.06. The van der Waals surface area contributed by atoms with Crippen molar-refractivity contribution in [2.75, 3.05) is 0 Å². The summed E-state index contributed by atoms with van der Waals surface area (Å²) in [5, 5.41) is 35.7. The summed E-state index contributed by atoms with van der Waals surface area (Å²) in [6.07, 6.45) is -5.96. The number of carbonyl (C=O) groups is 1. The Kier molecular flexibility index (Phi) is 5.09. The van der Waals surface area contributed by atoms with Crippen molar-refractivity contribution in [3.05, 3.63) is 0 Å². The molecule has 0 spiro atoms. The average Bonchev–Trinajstić information content (AvgIpc) is 1.98. The van der Waals surface area contributed by atoms with Gasteiger partial charge in [0, 0.05) is 0 Å². The van der Waals surface area contributed by atoms with Gasteiger partial charge in [-0.05, 0) is 15.9 Å². The van der Waals surface area contributed by atoms with Crippen LogP contribution in [0.5, 0.6) is 0 Å². The lowest BCUT2D eigenvalue weighted by molar-refractivity contribution is -0.134. The van der Waals surface area contributed by atoms with Crippen molar-refractivity contribution in [2.45, 2.75) is 22.8 Å². The fourth-order valence-corrected chi connectivity index (χ4v) is 1.04. The predicted octanol–water partition coefficient (Wildman–Crippen LogP) is -0.886. The molecule has 0 aliphatic carbocycles. The zero-order chi connectivity index (χ0) is 10.8. The summed E-state index contributed by atoms with van der Waals surface area (Å²) in [7, 11) is 0. The van der Waals surface area contributed by atoms with Crippen LogP contribution in [0.4, 0.5) is 0 Å². The number of aliphatic hydroxyl groups excluding tert-OH is 3. The van der Waals surface area contributed by atoms with Gasteiger partial charge in [0.2, 0.25) is 9.21 Å². The number of halogens is 3. The molecule has 0 saturated heterocycles. The maximum Gasteiger partial charge on any atom is 0.244 e. The number of aliphatic hydroxyl groups is 4. The van der Waals surface area contributed by atoms with Gasteiger partial charge in [0.1, 0.15) is 12.2 Å². The molecule has 0 radical (unpaired) electrons. The average molecular weight is 298 g/mol. The summed E-state index contributed by atoms with van der Waals surface area (Å²) in [4.78, 5) is 10.4. The van der Waals surface area contributed by atoms with Crippen molar-refractivity contribution in [2.24, 2.45) is 0 Å². The summed E-state index contributed by atoms with van der Waals surface area (Å²) in [6, 6.07) is 0. The fraction of sp³-hybridized carbons (Fsp3) is 0.800. The van der Waals surface area contributed by atoms with Gasteiger partial charge in [-0.15, -0.1) is 0 Å². The SMILES string of the molecule is O=C(Br)[C@H](O)[C@H](O)[C@H](O)C(O)(Cl)Cl. The van der Waals surface area contributed by atoms with Crippen molar-refractivity contribution in [1.29, 1.82) is 0 Å². The van der Waals surface area contributed by atoms with Gasteiger partial charge in [0.25, 0.3) is 0 Å². The lowest BCUT2D eigenvalue weighted by Gasteiger charge is -2.26. The molecule has 4 N–H and O–H groups in total. The molecule has 0 aromatic carbocycles. The van der Waals surface area contributed by atoms with Crippen LogP contribution in [0, 0.1) is 0 Å². The van der Waals surface area contributed by atoms with Crippen LogP contribution in [0.25, 0.3) is 0 Å². The molecule has 3 atom stereocenters. The van der Waals surface area contributed by atoms with E-state index >= 15 is 0 Å². The molecule has 0 heterocycles. The van der Waals surface area contributed by atoms with Gasteiger partial charge < -0.3 is 20.4 Å². The van der Waals surface area contributed by atoms with Gasteiger partial charge >= 0.3 is 0 Å². The molecule has 0 aliphatic heterocycles. The molecule has 13 heavy (non-hydrogen) atoms. The number of alkyl halides is 2. The molecule has 78 valence electrons. The molecule has 0 aromatic rings. The highest BCUT2D eigenvalue weighted by molar-refractivity contribution is 9.18. The normalized spacial score (nSPS) is 19.3. The summed E-state index contributed by atoms with van der Waals surface area (Å²) >= 11 is 12.3. The van der Waals surface area contributed by atoms with Gasteiger partial charge in [-0.25, -0.2) is 0 Å². The van der Waals surface area contributed by atoms with Gasteiger partial charge in [-0.3, -0.25) is 4.79 Å². The third-order valence-corrected chi connectivity index (χ3v) is 2.15. The van der Waals surface area contributed by atoms with E-state index in [1.807, 2.05) is 0 Å². The molecule has 0 unspecified atom stereocenters. The van der Waals surface area contributed by atoms with Gasteiger partial charge in [-0.1, -0.05) is 23.2 Å². The second-order valence-electron chi connectivity index (χ2n) is 2.27. The van der Waals surface area contributed by atoms with Crippen LogP contribution in [-0.2, 0) is 4.79 Å². The van der Waals surface area contributed by atoms with Crippen molar-refractivity contribution in [3.63, 3.8) is 0 Å². The number of hydrogen-bond donors (Lipinski definition) is 4. The highest BCUT2D eigenvalue weighted by Gasteiger charge is 2.41. The zero-order valence-corrected chi connectivity index (χ0v) is 9.16. The summed E-state index contributed by atoms with van der Waals surface area (Å²) in [5.74, 6) is 0. The fourth-order valence-electron chi connectivity index (χ4n) is 0.512. The quantitative estimate of drug-likeness (QED) is 0.399. The predicted molar refractivity (Wildman–Crippen MR) is 48.6 cm³/mol. The molecule has 0 fully saturated rings. The first-order chi connectivity index (χ1) is 5.68. The number of carbonyl (C=O) groups excluding carboxylic acids is 1. The molecular formula is C5H7BrCl2O5. The third-order valence-electron chi connectivity index (χ3n) is 1.24. The lowest BCUT2D eigenvalue weighted by atomic mass is 10.1. The number of rotatable bonds is 4. The Morgan fingerprint density at radius 3 is 1.92 bits per heavy atom. The first kappa shape index (κ1) is 13.6. The summed E-state index contributed by atoms with van der Waals surface area (Å²) in [5.41, 5.74) is 0. The molecule has 0 bridgehead atoms. The van der Waals surface area contributed by atoms with E-state index in [1.165, 1.54) is 0 Å². The van der Waals surface area contributed by atoms with E-state index in [2.05, 4.69) is 15.9 Å². The minimum absolute atomic E-state index is 0.961. The highest BCUT2D eigenvalue weighted by atomic mass is 79.9. The molecule has 8 heteroatoms. The largest absolute Gasteiger partial charge is 0.387 e. The second-order valence-corrected chi connectivity index (χ2v) is 4.40. The molecule has 0 aromatic heterocycles. The third kappa shape index (κ3) is 4.07. The summed E-state index contributed by atoms with van der Waals surface area (Å²) in [6.45, 7) is 0. The molecule has 0 rings (SSSR count). The van der Waals surface area contributed by atoms with Crippen LogP contribution in [0.3, 0.4) is 0 Å². The number of hydrogen-bond acceptors (Lipinski definition) is 5. The van der Waals surface area contributed by atoms with Crippen molar-refractivity contribution >= 4 is 43.8 Å². The monoisotopic (exact) mass is 296 g/mol. The first-order valence-corrected chi connectivity index (χ1v) is 4.56. The van der Waals surface area contributed by atoms with Gasteiger partial charge in [0.15, 0.2) is 6.10 Å². The Balaban J connectivity index is 4.42. The van der Waals surface area contributed by atoms with Crippen LogP contribution in [0.2, 0.25) is 0 Å². The summed E-state index contributed by atoms with van der Waals surface area (Å²) < 4.78 is -3.60. The van der Waals surface area contributed by atoms with Gasteiger partial charge in [0.05, 0.1) is 0 Å². The Morgan fingerprint density at radius 2 is 1.69 bits per heavy atom. The molecule has 0 saturated carbocycles. The minimum Gasteiger partial charge on any atom is -0.387 e. The van der Waals surface area contributed by atoms with E-state index < -0.39 is 27.5 Å². The maximum absolute atomic E-state index is 10.4. The van der Waals surface area contributed by atoms with Crippen LogP contribution < -0.4 is 0 Å². The Bertz CT molecular complexity index is 194. The van der Waals surface area contributed by atoms with E-state index in [0.29, 0.717) is 0 Å². The van der Waals surface area contributed by atoms with Gasteiger partial charge in [-0.2, -0.15) is 0 Å². The highest BCUT2D eigenvalue weighted by Crippen LogP contribution is 2.25. The van der Waals surface area contributed by atoms with E-state index in [9.17, 15) is 4.79 Å². The Labute approximate surface area is 92.0 Å². The van der Waals surface area contributed by atoms with Crippen LogP contribution in [0.1, 0.15) is 0 Å². The molecular weight excluding hydrogens is 291 g/mol. The van der Waals surface area contributed by atoms with E-state index in [-0.39, 0.29) is 0 Å². The van der Waals surface area contributed by atoms with E-state index in [0.717, 1.165) is 0 Å². The lowest BCUT2D eigenvalue weighted by Crippen LogP contribution is -2.48. The maximum atomic E-state index is 10.4. The first-order valence-electron chi connectivity index (χ1n) is 3.01. The Hall–Kier alpha value is 0.570. The molecule has 0 amide bonds. The second kappa shape index (κ2) is 4.88. The van der Waals surface area contributed by atoms with Crippen LogP contribution in [0.15, 0.2) is 0 Å². The molecule has 5 nitrogen and oxygen atoms in total. The topological polar surface area (TPSA) is 98.0 Å². The van der Waals surface area contributed by atoms with Crippen molar-refractivity contribution < 1.29 is 25.2 Å². The minimum atomic E-state index is -2.64. The van der Waals surface area contributed by atoms with Crippen molar-refractivity contribution in [3.8, 4) is 0 Å². The molecule has 0 aliphatic rings. The smallest absolute Gasteiger partial charge is 0.244 e.